The summed E-state index contributed by atoms with van der Waals surface area (Å²) in [6.45, 7) is 5.02. The van der Waals surface area contributed by atoms with Crippen LogP contribution in [0, 0.1) is 6.92 Å². The summed E-state index contributed by atoms with van der Waals surface area (Å²) < 4.78 is 0. The molecule has 0 aliphatic carbocycles. The molecule has 116 valence electrons. The first-order chi connectivity index (χ1) is 11.3. The van der Waals surface area contributed by atoms with Gasteiger partial charge in [0.1, 0.15) is 5.82 Å². The Hall–Kier alpha value is -2.88. The van der Waals surface area contributed by atoms with Crippen molar-refractivity contribution in [2.24, 2.45) is 0 Å². The van der Waals surface area contributed by atoms with Crippen LogP contribution in [-0.4, -0.2) is 16.5 Å². The second-order valence-corrected chi connectivity index (χ2v) is 5.31. The average molecular weight is 304 g/mol. The fourth-order valence-corrected chi connectivity index (χ4v) is 2.41. The summed E-state index contributed by atoms with van der Waals surface area (Å²) in [5.74, 6) is 1.48. The third kappa shape index (κ3) is 3.66. The van der Waals surface area contributed by atoms with Gasteiger partial charge in [-0.05, 0) is 44.2 Å². The number of hydrogen-bond donors (Lipinski definition) is 1. The number of aromatic nitrogens is 2. The van der Waals surface area contributed by atoms with Crippen LogP contribution >= 0.6 is 0 Å². The van der Waals surface area contributed by atoms with Crippen LogP contribution < -0.4 is 10.2 Å². The quantitative estimate of drug-likeness (QED) is 0.742. The van der Waals surface area contributed by atoms with E-state index in [4.69, 9.17) is 0 Å². The molecular formula is C19H20N4. The van der Waals surface area contributed by atoms with Gasteiger partial charge in [0.2, 0.25) is 5.95 Å². The van der Waals surface area contributed by atoms with E-state index in [-0.39, 0.29) is 0 Å². The Morgan fingerprint density at radius 1 is 0.957 bits per heavy atom. The standard InChI is InChI=1S/C19H20N4/c1-3-23(17-7-5-4-6-8-17)18-13-14-20-19(22-18)21-16-11-9-15(2)10-12-16/h4-14H,3H2,1-2H3,(H,20,21,22). The smallest absolute Gasteiger partial charge is 0.229 e. The first kappa shape index (κ1) is 15.0. The molecule has 0 amide bonds. The van der Waals surface area contributed by atoms with Crippen LogP contribution in [0.5, 0.6) is 0 Å². The summed E-state index contributed by atoms with van der Waals surface area (Å²) in [6, 6.07) is 20.4. The molecule has 0 atom stereocenters. The number of anilines is 4. The molecule has 0 unspecified atom stereocenters. The lowest BCUT2D eigenvalue weighted by Gasteiger charge is -2.22. The van der Waals surface area contributed by atoms with Gasteiger partial charge < -0.3 is 10.2 Å². The van der Waals surface area contributed by atoms with Crippen LogP contribution in [-0.2, 0) is 0 Å². The summed E-state index contributed by atoms with van der Waals surface area (Å²) in [7, 11) is 0. The number of rotatable bonds is 5. The summed E-state index contributed by atoms with van der Waals surface area (Å²) in [5.41, 5.74) is 3.33. The molecule has 0 saturated carbocycles. The van der Waals surface area contributed by atoms with Gasteiger partial charge in [0, 0.05) is 24.1 Å². The maximum atomic E-state index is 4.64. The Morgan fingerprint density at radius 2 is 1.70 bits per heavy atom. The summed E-state index contributed by atoms with van der Waals surface area (Å²) in [4.78, 5) is 11.1. The van der Waals surface area contributed by atoms with E-state index in [0.29, 0.717) is 5.95 Å². The minimum absolute atomic E-state index is 0.598. The fraction of sp³-hybridized carbons (Fsp3) is 0.158. The largest absolute Gasteiger partial charge is 0.327 e. The summed E-state index contributed by atoms with van der Waals surface area (Å²) >= 11 is 0. The van der Waals surface area contributed by atoms with Gasteiger partial charge in [-0.1, -0.05) is 35.9 Å². The van der Waals surface area contributed by atoms with Crippen LogP contribution in [0.15, 0.2) is 66.9 Å². The first-order valence-electron chi connectivity index (χ1n) is 7.75. The Morgan fingerprint density at radius 3 is 2.39 bits per heavy atom. The van der Waals surface area contributed by atoms with Crippen LogP contribution in [0.25, 0.3) is 0 Å². The van der Waals surface area contributed by atoms with E-state index in [2.05, 4.69) is 58.3 Å². The van der Waals surface area contributed by atoms with Gasteiger partial charge in [-0.25, -0.2) is 4.98 Å². The molecule has 0 saturated heterocycles. The predicted octanol–water partition coefficient (Wildman–Crippen LogP) is 4.69. The number of para-hydroxylation sites is 1. The van der Waals surface area contributed by atoms with Crippen molar-refractivity contribution < 1.29 is 0 Å². The third-order valence-electron chi connectivity index (χ3n) is 3.61. The molecule has 0 aliphatic rings. The molecule has 1 heterocycles. The van der Waals surface area contributed by atoms with E-state index < -0.39 is 0 Å². The molecule has 1 N–H and O–H groups in total. The highest BCUT2D eigenvalue weighted by atomic mass is 15.2. The molecule has 0 aliphatic heterocycles. The highest BCUT2D eigenvalue weighted by Gasteiger charge is 2.09. The van der Waals surface area contributed by atoms with Gasteiger partial charge >= 0.3 is 0 Å². The highest BCUT2D eigenvalue weighted by Crippen LogP contribution is 2.24. The van der Waals surface area contributed by atoms with E-state index >= 15 is 0 Å². The van der Waals surface area contributed by atoms with Crippen molar-refractivity contribution in [3.8, 4) is 0 Å². The van der Waals surface area contributed by atoms with Crippen molar-refractivity contribution in [2.75, 3.05) is 16.8 Å². The Labute approximate surface area is 136 Å². The van der Waals surface area contributed by atoms with Crippen molar-refractivity contribution in [2.45, 2.75) is 13.8 Å². The minimum Gasteiger partial charge on any atom is -0.327 e. The van der Waals surface area contributed by atoms with Gasteiger partial charge in [0.05, 0.1) is 0 Å². The van der Waals surface area contributed by atoms with Crippen LogP contribution in [0.3, 0.4) is 0 Å². The zero-order chi connectivity index (χ0) is 16.1. The van der Waals surface area contributed by atoms with E-state index in [1.807, 2.05) is 36.4 Å². The predicted molar refractivity (Wildman–Crippen MR) is 95.6 cm³/mol. The van der Waals surface area contributed by atoms with Gasteiger partial charge in [0.25, 0.3) is 0 Å². The molecule has 2 aromatic carbocycles. The molecule has 23 heavy (non-hydrogen) atoms. The van der Waals surface area contributed by atoms with E-state index in [9.17, 15) is 0 Å². The number of aryl methyl sites for hydroxylation is 1. The van der Waals surface area contributed by atoms with Crippen LogP contribution in [0.2, 0.25) is 0 Å². The molecule has 0 fully saturated rings. The second-order valence-electron chi connectivity index (χ2n) is 5.31. The van der Waals surface area contributed by atoms with Crippen molar-refractivity contribution >= 4 is 23.1 Å². The van der Waals surface area contributed by atoms with Crippen molar-refractivity contribution in [1.82, 2.24) is 9.97 Å². The first-order valence-corrected chi connectivity index (χ1v) is 7.75. The monoisotopic (exact) mass is 304 g/mol. The number of nitrogens with zero attached hydrogens (tertiary/aromatic N) is 3. The van der Waals surface area contributed by atoms with Gasteiger partial charge in [-0.15, -0.1) is 0 Å². The van der Waals surface area contributed by atoms with Crippen molar-refractivity contribution in [1.29, 1.82) is 0 Å². The van der Waals surface area contributed by atoms with E-state index in [1.165, 1.54) is 5.56 Å². The SMILES string of the molecule is CCN(c1ccccc1)c1ccnc(Nc2ccc(C)cc2)n1. The molecule has 4 nitrogen and oxygen atoms in total. The lowest BCUT2D eigenvalue weighted by atomic mass is 10.2. The zero-order valence-electron chi connectivity index (χ0n) is 13.4. The molecule has 0 radical (unpaired) electrons. The molecule has 3 aromatic rings. The Balaban J connectivity index is 1.85. The number of nitrogens with one attached hydrogen (secondary N) is 1. The molecule has 3 rings (SSSR count). The van der Waals surface area contributed by atoms with Crippen molar-refractivity contribution in [3.05, 3.63) is 72.4 Å². The maximum Gasteiger partial charge on any atom is 0.229 e. The lowest BCUT2D eigenvalue weighted by molar-refractivity contribution is 0.979. The van der Waals surface area contributed by atoms with Crippen LogP contribution in [0.1, 0.15) is 12.5 Å². The maximum absolute atomic E-state index is 4.64. The Bertz CT molecular complexity index is 754. The van der Waals surface area contributed by atoms with E-state index in [1.54, 1.807) is 6.20 Å². The number of hydrogen-bond acceptors (Lipinski definition) is 4. The molecule has 0 spiro atoms. The molecule has 1 aromatic heterocycles. The molecule has 0 bridgehead atoms. The average Bonchev–Trinajstić information content (AvgIpc) is 2.59. The molecule has 4 heteroatoms. The number of benzene rings is 2. The van der Waals surface area contributed by atoms with Gasteiger partial charge in [-0.3, -0.25) is 0 Å². The second kappa shape index (κ2) is 6.92. The topological polar surface area (TPSA) is 41.1 Å². The lowest BCUT2D eigenvalue weighted by Crippen LogP contribution is -2.17. The minimum atomic E-state index is 0.598. The van der Waals surface area contributed by atoms with Gasteiger partial charge in [0.15, 0.2) is 0 Å². The fourth-order valence-electron chi connectivity index (χ4n) is 2.41. The van der Waals surface area contributed by atoms with Crippen molar-refractivity contribution in [3.63, 3.8) is 0 Å². The zero-order valence-corrected chi connectivity index (χ0v) is 13.4. The van der Waals surface area contributed by atoms with Gasteiger partial charge in [-0.2, -0.15) is 4.98 Å². The van der Waals surface area contributed by atoms with E-state index in [0.717, 1.165) is 23.7 Å². The summed E-state index contributed by atoms with van der Waals surface area (Å²) in [6.07, 6.45) is 1.78. The Kier molecular flexibility index (Phi) is 4.52. The normalized spacial score (nSPS) is 10.3. The highest BCUT2D eigenvalue weighted by molar-refractivity contribution is 5.62. The van der Waals surface area contributed by atoms with Crippen LogP contribution in [0.4, 0.5) is 23.1 Å². The summed E-state index contributed by atoms with van der Waals surface area (Å²) in [5, 5.41) is 3.25. The molecular weight excluding hydrogens is 284 g/mol. The third-order valence-corrected chi connectivity index (χ3v) is 3.61.